The number of hydrogen-bond acceptors (Lipinski definition) is 3. The first-order chi connectivity index (χ1) is 5.77. The lowest BCUT2D eigenvalue weighted by atomic mass is 10.2. The average molecular weight is 164 g/mol. The van der Waals surface area contributed by atoms with Gasteiger partial charge in [0.2, 0.25) is 0 Å². The number of rotatable bonds is 2. The smallest absolute Gasteiger partial charge is 0.537 e. The van der Waals surface area contributed by atoms with E-state index in [1.54, 1.807) is 6.07 Å². The third-order valence-electron chi connectivity index (χ3n) is 1.25. The summed E-state index contributed by atoms with van der Waals surface area (Å²) in [4.78, 5) is 0. The molecule has 0 aliphatic rings. The first-order valence-electron chi connectivity index (χ1n) is 3.10. The molecule has 3 nitrogen and oxygen atoms in total. The number of halogens is 1. The van der Waals surface area contributed by atoms with E-state index in [1.807, 2.05) is 0 Å². The van der Waals surface area contributed by atoms with Crippen molar-refractivity contribution in [1.29, 1.82) is 5.26 Å². The topological polar surface area (TPSA) is 53.2 Å². The first kappa shape index (κ1) is 8.56. The average Bonchev–Trinajstić information content (AvgIpc) is 2.05. The Morgan fingerprint density at radius 2 is 2.33 bits per heavy atom. The summed E-state index contributed by atoms with van der Waals surface area (Å²) in [6.45, 7) is 0. The molecule has 0 aromatic heterocycles. The van der Waals surface area contributed by atoms with Crippen LogP contribution < -0.4 is 4.65 Å². The lowest BCUT2D eigenvalue weighted by Gasteiger charge is -2.00. The van der Waals surface area contributed by atoms with Crippen molar-refractivity contribution in [3.63, 3.8) is 0 Å². The van der Waals surface area contributed by atoms with E-state index in [-0.39, 0.29) is 11.3 Å². The van der Waals surface area contributed by atoms with Crippen LogP contribution in [0.5, 0.6) is 5.75 Å². The molecule has 1 N–H and O–H groups in total. The van der Waals surface area contributed by atoms with Gasteiger partial charge in [-0.2, -0.15) is 5.26 Å². The number of hydrogen-bond donors (Lipinski definition) is 1. The van der Waals surface area contributed by atoms with Gasteiger partial charge < -0.3 is 9.68 Å². The van der Waals surface area contributed by atoms with Crippen molar-refractivity contribution < 1.29 is 14.1 Å². The fraction of sp³-hybridized carbons (Fsp3) is 0. The summed E-state index contributed by atoms with van der Waals surface area (Å²) in [5.74, 6) is -0.522. The lowest BCUT2D eigenvalue weighted by molar-refractivity contribution is 0.451. The van der Waals surface area contributed by atoms with E-state index in [0.717, 1.165) is 6.07 Å². The summed E-state index contributed by atoms with van der Waals surface area (Å²) in [5.41, 5.74) is -0.0553. The van der Waals surface area contributed by atoms with Gasteiger partial charge in [-0.15, -0.1) is 0 Å². The molecule has 0 fully saturated rings. The molecule has 0 heterocycles. The summed E-state index contributed by atoms with van der Waals surface area (Å²) in [6, 6.07) is 5.34. The third-order valence-corrected chi connectivity index (χ3v) is 1.25. The highest BCUT2D eigenvalue weighted by Gasteiger charge is 2.02. The minimum atomic E-state index is -0.670. The molecule has 0 amide bonds. The zero-order valence-corrected chi connectivity index (χ0v) is 5.99. The van der Waals surface area contributed by atoms with Crippen LogP contribution in [0.2, 0.25) is 0 Å². The highest BCUT2D eigenvalue weighted by atomic mass is 19.1. The van der Waals surface area contributed by atoms with Gasteiger partial charge in [0, 0.05) is 6.07 Å². The molecule has 1 aromatic carbocycles. The van der Waals surface area contributed by atoms with Crippen molar-refractivity contribution in [3.8, 4) is 11.8 Å². The molecular formula is C7H4BFNO2. The predicted molar refractivity (Wildman–Crippen MR) is 39.7 cm³/mol. The number of benzene rings is 1. The standard InChI is InChI=1S/C7H4BFNO2/c9-7-3-6(12-8-11)2-1-5(7)4-10/h1-3,11H. The second-order valence-corrected chi connectivity index (χ2v) is 1.98. The second-order valence-electron chi connectivity index (χ2n) is 1.98. The molecule has 12 heavy (non-hydrogen) atoms. The number of nitrogens with zero attached hydrogens (tertiary/aromatic N) is 1. The van der Waals surface area contributed by atoms with Crippen molar-refractivity contribution in [3.05, 3.63) is 29.6 Å². The van der Waals surface area contributed by atoms with Crippen LogP contribution in [-0.2, 0) is 0 Å². The van der Waals surface area contributed by atoms with E-state index < -0.39 is 5.82 Å². The highest BCUT2D eigenvalue weighted by Crippen LogP contribution is 2.15. The normalized spacial score (nSPS) is 8.75. The van der Waals surface area contributed by atoms with E-state index in [9.17, 15) is 4.39 Å². The Morgan fingerprint density at radius 3 is 2.83 bits per heavy atom. The first-order valence-corrected chi connectivity index (χ1v) is 3.10. The highest BCUT2D eigenvalue weighted by molar-refractivity contribution is 6.17. The van der Waals surface area contributed by atoms with Gasteiger partial charge in [0.05, 0.1) is 5.56 Å². The fourth-order valence-electron chi connectivity index (χ4n) is 0.721. The van der Waals surface area contributed by atoms with Gasteiger partial charge in [-0.25, -0.2) is 4.39 Å². The molecule has 1 rings (SSSR count). The van der Waals surface area contributed by atoms with Crippen LogP contribution >= 0.6 is 0 Å². The Morgan fingerprint density at radius 1 is 1.58 bits per heavy atom. The molecule has 0 bridgehead atoms. The number of nitriles is 1. The lowest BCUT2D eigenvalue weighted by Crippen LogP contribution is -2.00. The van der Waals surface area contributed by atoms with Crippen LogP contribution in [-0.4, -0.2) is 12.7 Å². The monoisotopic (exact) mass is 164 g/mol. The fourth-order valence-corrected chi connectivity index (χ4v) is 0.721. The predicted octanol–water partition coefficient (Wildman–Crippen LogP) is 0.603. The quantitative estimate of drug-likeness (QED) is 0.651. The van der Waals surface area contributed by atoms with E-state index in [1.165, 1.54) is 12.1 Å². The van der Waals surface area contributed by atoms with E-state index >= 15 is 0 Å². The minimum Gasteiger partial charge on any atom is -0.537 e. The summed E-state index contributed by atoms with van der Waals surface area (Å²) < 4.78 is 17.2. The van der Waals surface area contributed by atoms with Crippen LogP contribution in [0.1, 0.15) is 5.56 Å². The molecule has 5 heteroatoms. The minimum absolute atomic E-state index is 0.0553. The molecule has 0 saturated carbocycles. The summed E-state index contributed by atoms with van der Waals surface area (Å²) in [6.07, 6.45) is 0. The molecule has 1 radical (unpaired) electrons. The molecule has 0 atom stereocenters. The van der Waals surface area contributed by atoms with Crippen LogP contribution in [0.15, 0.2) is 18.2 Å². The molecule has 59 valence electrons. The largest absolute Gasteiger partial charge is 0.569 e. The molecule has 0 unspecified atom stereocenters. The van der Waals surface area contributed by atoms with Gasteiger partial charge in [0.25, 0.3) is 0 Å². The molecule has 0 aliphatic carbocycles. The Kier molecular flexibility index (Phi) is 2.67. The summed E-state index contributed by atoms with van der Waals surface area (Å²) in [5, 5.41) is 16.6. The Bertz CT molecular complexity index is 324. The van der Waals surface area contributed by atoms with Crippen LogP contribution in [0, 0.1) is 17.1 Å². The van der Waals surface area contributed by atoms with Gasteiger partial charge >= 0.3 is 7.69 Å². The zero-order chi connectivity index (χ0) is 8.97. The van der Waals surface area contributed by atoms with Gasteiger partial charge in [-0.05, 0) is 12.1 Å². The van der Waals surface area contributed by atoms with Crippen molar-refractivity contribution >= 4 is 7.69 Å². The molecule has 0 aliphatic heterocycles. The van der Waals surface area contributed by atoms with Crippen LogP contribution in [0.4, 0.5) is 4.39 Å². The second kappa shape index (κ2) is 3.74. The van der Waals surface area contributed by atoms with Crippen molar-refractivity contribution in [1.82, 2.24) is 0 Å². The van der Waals surface area contributed by atoms with Crippen molar-refractivity contribution in [2.45, 2.75) is 0 Å². The Balaban J connectivity index is 2.96. The van der Waals surface area contributed by atoms with Crippen LogP contribution in [0.25, 0.3) is 0 Å². The Labute approximate surface area is 69.3 Å². The van der Waals surface area contributed by atoms with Gasteiger partial charge in [-0.1, -0.05) is 0 Å². The Hall–Kier alpha value is -1.54. The van der Waals surface area contributed by atoms with E-state index in [2.05, 4.69) is 4.65 Å². The maximum absolute atomic E-state index is 12.8. The van der Waals surface area contributed by atoms with Gasteiger partial charge in [-0.3, -0.25) is 0 Å². The molecule has 1 aromatic rings. The molecular weight excluding hydrogens is 160 g/mol. The molecule has 0 saturated heterocycles. The van der Waals surface area contributed by atoms with Crippen molar-refractivity contribution in [2.24, 2.45) is 0 Å². The van der Waals surface area contributed by atoms with Crippen molar-refractivity contribution in [2.75, 3.05) is 0 Å². The third kappa shape index (κ3) is 1.74. The maximum Gasteiger partial charge on any atom is 0.569 e. The van der Waals surface area contributed by atoms with Gasteiger partial charge in [0.1, 0.15) is 17.6 Å². The summed E-state index contributed by atoms with van der Waals surface area (Å²) >= 11 is 0. The molecule has 0 spiro atoms. The van der Waals surface area contributed by atoms with E-state index in [4.69, 9.17) is 10.3 Å². The van der Waals surface area contributed by atoms with Gasteiger partial charge in [0.15, 0.2) is 0 Å². The van der Waals surface area contributed by atoms with Crippen LogP contribution in [0.3, 0.4) is 0 Å². The zero-order valence-electron chi connectivity index (χ0n) is 5.99. The van der Waals surface area contributed by atoms with E-state index in [0.29, 0.717) is 7.69 Å². The summed E-state index contributed by atoms with van der Waals surface area (Å²) in [7, 11) is 0.445. The maximum atomic E-state index is 12.8. The SMILES string of the molecule is N#Cc1ccc(O[B]O)cc1F.